The van der Waals surface area contributed by atoms with Gasteiger partial charge in [0, 0.05) is 0 Å². The quantitative estimate of drug-likeness (QED) is 0.0413. The molecule has 11 N–H and O–H groups in total. The van der Waals surface area contributed by atoms with Crippen LogP contribution in [0.4, 0.5) is 47.1 Å². The minimum atomic E-state index is -5.44. The topological polar surface area (TPSA) is 354 Å². The molecule has 2 aromatic heterocycles. The molecule has 0 fully saturated rings. The van der Waals surface area contributed by atoms with Gasteiger partial charge in [0.15, 0.2) is 0 Å². The van der Waals surface area contributed by atoms with Crippen molar-refractivity contribution in [3.8, 4) is 0 Å². The average molecular weight is 951 g/mol. The van der Waals surface area contributed by atoms with Crippen molar-refractivity contribution in [2.75, 3.05) is 58.1 Å². The Bertz CT molecular complexity index is 1680. The molecule has 5 unspecified atom stereocenters. The van der Waals surface area contributed by atoms with E-state index in [0.717, 1.165) is 0 Å². The van der Waals surface area contributed by atoms with E-state index in [2.05, 4.69) is 61.8 Å². The first-order chi connectivity index (χ1) is 25.3. The Kier molecular flexibility index (Phi) is 26.1. The molecule has 0 spiro atoms. The van der Waals surface area contributed by atoms with Crippen molar-refractivity contribution in [3.05, 3.63) is 48.5 Å². The zero-order chi connectivity index (χ0) is 40.1. The summed E-state index contributed by atoms with van der Waals surface area (Å²) < 4.78 is 64.3. The fourth-order valence-electron chi connectivity index (χ4n) is 3.85. The number of nitrogens with zero attached hydrogens (tertiary/aromatic N) is 6. The first-order valence-corrected chi connectivity index (χ1v) is 22.8. The van der Waals surface area contributed by atoms with Gasteiger partial charge in [-0.1, -0.05) is 0 Å². The summed E-state index contributed by atoms with van der Waals surface area (Å²) in [6, 6.07) is 10.8. The van der Waals surface area contributed by atoms with E-state index in [1.165, 1.54) is 48.5 Å². The van der Waals surface area contributed by atoms with Gasteiger partial charge in [0.1, 0.15) is 0 Å². The SMILES string of the molecule is CC(O)CNc1nc(NCC(C)O)nc(Nc2ccc([As](=O)([O-])O)cc2)n1.CC(O)CNc1nc(NCC(C)O)nc(Nc2ccc([As](=O)([O-])[O-])cc2)n1.[Na+].[Na+].[Na+]. The van der Waals surface area contributed by atoms with Crippen LogP contribution in [0.3, 0.4) is 0 Å². The van der Waals surface area contributed by atoms with Gasteiger partial charge in [-0.05, 0) is 0 Å². The largest absolute Gasteiger partial charge is 1.00 e. The Balaban J connectivity index is 0.00000105. The maximum atomic E-state index is 11.2. The number of aromatic nitrogens is 6. The number of nitrogens with one attached hydrogen (secondary N) is 6. The van der Waals surface area contributed by atoms with Gasteiger partial charge in [0.2, 0.25) is 0 Å². The number of rotatable bonds is 18. The Morgan fingerprint density at radius 1 is 0.491 bits per heavy atom. The van der Waals surface area contributed by atoms with Gasteiger partial charge in [0.25, 0.3) is 0 Å². The average Bonchev–Trinajstić information content (AvgIpc) is 3.08. The molecule has 0 bridgehead atoms. The second-order valence-electron chi connectivity index (χ2n) is 11.9. The molecule has 0 aliphatic rings. The smallest absolute Gasteiger partial charge is 1.00 e. The van der Waals surface area contributed by atoms with Crippen LogP contribution in [0, 0.1) is 0 Å². The van der Waals surface area contributed by atoms with Crippen molar-refractivity contribution >= 4 is 84.1 Å². The zero-order valence-corrected chi connectivity index (χ0v) is 42.4. The number of hydrogen-bond donors (Lipinski definition) is 11. The number of aliphatic hydroxyl groups excluding tert-OH is 4. The van der Waals surface area contributed by atoms with Crippen LogP contribution in [0.25, 0.3) is 0 Å². The molecular formula is C30H43As2N12Na3O10. The van der Waals surface area contributed by atoms with E-state index >= 15 is 0 Å². The molecule has 0 saturated heterocycles. The Morgan fingerprint density at radius 3 is 0.965 bits per heavy atom. The van der Waals surface area contributed by atoms with Gasteiger partial charge < -0.3 is 0 Å². The molecule has 57 heavy (non-hydrogen) atoms. The van der Waals surface area contributed by atoms with Gasteiger partial charge in [0.05, 0.1) is 0 Å². The summed E-state index contributed by atoms with van der Waals surface area (Å²) in [5.74, 6) is 1.13. The number of anilines is 8. The molecule has 0 radical (unpaired) electrons. The summed E-state index contributed by atoms with van der Waals surface area (Å²) in [6.07, 6.45) is -2.45. The predicted molar refractivity (Wildman–Crippen MR) is 194 cm³/mol. The van der Waals surface area contributed by atoms with E-state index in [1.807, 2.05) is 0 Å². The number of hydrogen-bond acceptors (Lipinski definition) is 21. The van der Waals surface area contributed by atoms with E-state index in [-0.39, 0.29) is 159 Å². The first kappa shape index (κ1) is 55.7. The molecule has 2 heterocycles. The zero-order valence-electron chi connectivity index (χ0n) is 32.6. The number of aliphatic hydroxyl groups is 4. The van der Waals surface area contributed by atoms with Crippen LogP contribution in [0.1, 0.15) is 27.7 Å². The van der Waals surface area contributed by atoms with E-state index in [9.17, 15) is 40.2 Å². The summed E-state index contributed by atoms with van der Waals surface area (Å²) in [5, 5.41) is 54.8. The molecular weight excluding hydrogens is 907 g/mol. The fraction of sp³-hybridized carbons (Fsp3) is 0.400. The number of benzene rings is 2. The van der Waals surface area contributed by atoms with Crippen molar-refractivity contribution in [2.24, 2.45) is 0 Å². The Hall–Kier alpha value is -1.34. The Labute approximate surface area is 401 Å². The van der Waals surface area contributed by atoms with Gasteiger partial charge in [-0.15, -0.1) is 0 Å². The van der Waals surface area contributed by atoms with Crippen molar-refractivity contribution < 1.29 is 133 Å². The standard InChI is InChI=1S/2C15H23AsN6O5.3Na/c2*1-9(23)7-17-13-20-14(18-8-10(2)24)22-15(21-13)19-12-5-3-11(4-6-12)16(25,26)27;;;/h2*3-6,9-10,23-24H,7-8H2,1-2H3,(H2,25,26,27)(H3,17,18,19,20,21,22);;;/q;;3*+1/p-3. The molecule has 4 rings (SSSR count). The van der Waals surface area contributed by atoms with Crippen LogP contribution < -0.4 is 142 Å². The van der Waals surface area contributed by atoms with E-state index in [0.29, 0.717) is 11.4 Å². The third-order valence-corrected chi connectivity index (χ3v) is 10.3. The van der Waals surface area contributed by atoms with E-state index in [1.54, 1.807) is 27.7 Å². The monoisotopic (exact) mass is 950 g/mol. The third-order valence-electron chi connectivity index (χ3n) is 6.38. The Morgan fingerprint density at radius 2 is 0.737 bits per heavy atom. The third kappa shape index (κ3) is 22.2. The summed E-state index contributed by atoms with van der Waals surface area (Å²) in [4.78, 5) is 25.0. The molecule has 5 atom stereocenters. The second kappa shape index (κ2) is 26.8. The summed E-state index contributed by atoms with van der Waals surface area (Å²) in [6.45, 7) is 7.33. The van der Waals surface area contributed by atoms with Crippen molar-refractivity contribution in [2.45, 2.75) is 52.1 Å². The van der Waals surface area contributed by atoms with Crippen LogP contribution in [0.15, 0.2) is 48.5 Å². The maximum Gasteiger partial charge on any atom is 1.00 e. The second-order valence-corrected chi connectivity index (χ2v) is 18.3. The molecule has 22 nitrogen and oxygen atoms in total. The van der Waals surface area contributed by atoms with Crippen molar-refractivity contribution in [3.63, 3.8) is 0 Å². The minimum absolute atomic E-state index is 0. The van der Waals surface area contributed by atoms with Crippen LogP contribution in [0.2, 0.25) is 0 Å². The van der Waals surface area contributed by atoms with Crippen LogP contribution in [-0.2, 0) is 7.48 Å². The molecule has 4 aromatic rings. The van der Waals surface area contributed by atoms with Gasteiger partial charge in [-0.25, -0.2) is 0 Å². The molecule has 27 heteroatoms. The van der Waals surface area contributed by atoms with Gasteiger partial charge in [-0.3, -0.25) is 0 Å². The van der Waals surface area contributed by atoms with Crippen LogP contribution >= 0.6 is 0 Å². The van der Waals surface area contributed by atoms with Gasteiger partial charge >= 0.3 is 406 Å². The molecule has 0 aliphatic carbocycles. The summed E-state index contributed by atoms with van der Waals surface area (Å²) in [7, 11) is 0. The molecule has 0 aliphatic heterocycles. The van der Waals surface area contributed by atoms with Crippen LogP contribution in [-0.4, -0.2) is 133 Å². The van der Waals surface area contributed by atoms with E-state index in [4.69, 9.17) is 4.10 Å². The normalized spacial score (nSPS) is 13.8. The van der Waals surface area contributed by atoms with E-state index < -0.39 is 52.8 Å². The molecule has 0 saturated carbocycles. The molecule has 0 amide bonds. The molecule has 296 valence electrons. The van der Waals surface area contributed by atoms with Crippen molar-refractivity contribution in [1.29, 1.82) is 0 Å². The predicted octanol–water partition coefficient (Wildman–Crippen LogP) is -13.4. The molecule has 2 aromatic carbocycles. The van der Waals surface area contributed by atoms with Crippen LogP contribution in [0.5, 0.6) is 0 Å². The van der Waals surface area contributed by atoms with Gasteiger partial charge in [-0.2, -0.15) is 0 Å². The summed E-state index contributed by atoms with van der Waals surface area (Å²) in [5.41, 5.74) is 0.966. The maximum absolute atomic E-state index is 11.2. The fourth-order valence-corrected chi connectivity index (χ4v) is 6.04. The first-order valence-electron chi connectivity index (χ1n) is 16.3. The summed E-state index contributed by atoms with van der Waals surface area (Å²) >= 11 is -10.6. The van der Waals surface area contributed by atoms with Crippen molar-refractivity contribution in [1.82, 2.24) is 29.9 Å². The minimum Gasteiger partial charge on any atom is 1.00 e.